The van der Waals surface area contributed by atoms with Gasteiger partial charge in [0.15, 0.2) is 0 Å². The van der Waals surface area contributed by atoms with Gasteiger partial charge in [-0.3, -0.25) is 0 Å². The van der Waals surface area contributed by atoms with Crippen molar-refractivity contribution in [1.29, 1.82) is 0 Å². The molecule has 1 aliphatic rings. The number of nitrogens with one attached hydrogen (secondary N) is 1. The summed E-state index contributed by atoms with van der Waals surface area (Å²) in [6, 6.07) is 14.2. The molecule has 1 aromatic heterocycles. The van der Waals surface area contributed by atoms with Crippen LogP contribution in [0.3, 0.4) is 0 Å². The molecule has 0 aliphatic carbocycles. The predicted octanol–water partition coefficient (Wildman–Crippen LogP) is 4.12. The molecule has 0 saturated carbocycles. The topological polar surface area (TPSA) is 89.7 Å². The van der Waals surface area contributed by atoms with Crippen LogP contribution in [0.25, 0.3) is 11.4 Å². The van der Waals surface area contributed by atoms with Crippen LogP contribution in [0.1, 0.15) is 24.8 Å². The second kappa shape index (κ2) is 8.22. The molecule has 2 aromatic carbocycles. The number of likely N-dealkylation sites (tertiary alicyclic amines) is 1. The van der Waals surface area contributed by atoms with E-state index >= 15 is 0 Å². The molecule has 2 heterocycles. The molecule has 1 saturated heterocycles. The van der Waals surface area contributed by atoms with Crippen LogP contribution in [0.2, 0.25) is 0 Å². The van der Waals surface area contributed by atoms with E-state index < -0.39 is 0 Å². The van der Waals surface area contributed by atoms with Crippen LogP contribution in [0.4, 0.5) is 10.5 Å². The Balaban J connectivity index is 1.51. The zero-order valence-corrected chi connectivity index (χ0v) is 16.3. The van der Waals surface area contributed by atoms with Crippen LogP contribution in [0.15, 0.2) is 53.1 Å². The first-order chi connectivity index (χ1) is 14.2. The van der Waals surface area contributed by atoms with Crippen LogP contribution in [0.5, 0.6) is 11.5 Å². The van der Waals surface area contributed by atoms with E-state index in [1.165, 1.54) is 0 Å². The average Bonchev–Trinajstić information content (AvgIpc) is 3.43. The Morgan fingerprint density at radius 2 is 1.90 bits per heavy atom. The standard InChI is InChI=1S/C21H22N4O4/c1-27-16-8-3-6-14(12-16)19-23-20(29-24-19)18-10-5-11-25(18)21(26)22-15-7-4-9-17(13-15)28-2/h3-4,6-9,12-13,18H,5,10-11H2,1-2H3,(H,22,26). The second-order valence-corrected chi connectivity index (χ2v) is 6.70. The van der Waals surface area contributed by atoms with Crippen LogP contribution < -0.4 is 14.8 Å². The highest BCUT2D eigenvalue weighted by Crippen LogP contribution is 2.33. The fourth-order valence-electron chi connectivity index (χ4n) is 3.41. The summed E-state index contributed by atoms with van der Waals surface area (Å²) in [4.78, 5) is 19.1. The first kappa shape index (κ1) is 18.8. The molecule has 0 radical (unpaired) electrons. The molecule has 4 rings (SSSR count). The average molecular weight is 394 g/mol. The number of anilines is 1. The quantitative estimate of drug-likeness (QED) is 0.700. The minimum Gasteiger partial charge on any atom is -0.497 e. The molecule has 2 amide bonds. The SMILES string of the molecule is COc1cccc(NC(=O)N2CCCC2c2nc(-c3cccc(OC)c3)no2)c1. The Labute approximate surface area is 168 Å². The van der Waals surface area contributed by atoms with Crippen molar-refractivity contribution in [2.75, 3.05) is 26.1 Å². The predicted molar refractivity (Wildman–Crippen MR) is 107 cm³/mol. The maximum Gasteiger partial charge on any atom is 0.322 e. The van der Waals surface area contributed by atoms with Crippen molar-refractivity contribution in [3.05, 3.63) is 54.4 Å². The third kappa shape index (κ3) is 4.01. The van der Waals surface area contributed by atoms with E-state index in [1.807, 2.05) is 42.5 Å². The number of carbonyl (C=O) groups excluding carboxylic acids is 1. The summed E-state index contributed by atoms with van der Waals surface area (Å²) in [7, 11) is 3.20. The van der Waals surface area contributed by atoms with Crippen molar-refractivity contribution in [3.8, 4) is 22.9 Å². The second-order valence-electron chi connectivity index (χ2n) is 6.70. The van der Waals surface area contributed by atoms with Crippen molar-refractivity contribution in [2.45, 2.75) is 18.9 Å². The zero-order valence-electron chi connectivity index (χ0n) is 16.3. The number of amides is 2. The lowest BCUT2D eigenvalue weighted by molar-refractivity contribution is 0.193. The van der Waals surface area contributed by atoms with Gasteiger partial charge in [0.25, 0.3) is 0 Å². The minimum atomic E-state index is -0.257. The monoisotopic (exact) mass is 394 g/mol. The van der Waals surface area contributed by atoms with Gasteiger partial charge >= 0.3 is 6.03 Å². The fourth-order valence-corrected chi connectivity index (χ4v) is 3.41. The third-order valence-electron chi connectivity index (χ3n) is 4.89. The Bertz CT molecular complexity index is 1000. The summed E-state index contributed by atoms with van der Waals surface area (Å²) in [5.74, 6) is 2.30. The Kier molecular flexibility index (Phi) is 5.33. The lowest BCUT2D eigenvalue weighted by Crippen LogP contribution is -2.34. The number of hydrogen-bond donors (Lipinski definition) is 1. The summed E-state index contributed by atoms with van der Waals surface area (Å²) >= 11 is 0. The van der Waals surface area contributed by atoms with E-state index in [9.17, 15) is 4.79 Å². The Morgan fingerprint density at radius 1 is 1.14 bits per heavy atom. The van der Waals surface area contributed by atoms with Gasteiger partial charge in [-0.05, 0) is 37.1 Å². The largest absolute Gasteiger partial charge is 0.497 e. The molecule has 1 atom stereocenters. The molecule has 0 bridgehead atoms. The summed E-state index contributed by atoms with van der Waals surface area (Å²) in [6.07, 6.45) is 1.64. The summed E-state index contributed by atoms with van der Waals surface area (Å²) in [5, 5.41) is 7.00. The van der Waals surface area contributed by atoms with E-state index in [4.69, 9.17) is 14.0 Å². The first-order valence-electron chi connectivity index (χ1n) is 9.37. The number of aromatic nitrogens is 2. The maximum atomic E-state index is 12.8. The number of hydrogen-bond acceptors (Lipinski definition) is 6. The van der Waals surface area contributed by atoms with Crippen LogP contribution >= 0.6 is 0 Å². The Hall–Kier alpha value is -3.55. The van der Waals surface area contributed by atoms with Crippen molar-refractivity contribution >= 4 is 11.7 Å². The van der Waals surface area contributed by atoms with E-state index in [-0.39, 0.29) is 12.1 Å². The van der Waals surface area contributed by atoms with Crippen molar-refractivity contribution in [3.63, 3.8) is 0 Å². The molecule has 1 aliphatic heterocycles. The number of urea groups is 1. The van der Waals surface area contributed by atoms with Crippen molar-refractivity contribution < 1.29 is 18.8 Å². The molecule has 1 fully saturated rings. The molecule has 1 N–H and O–H groups in total. The highest BCUT2D eigenvalue weighted by atomic mass is 16.5. The van der Waals surface area contributed by atoms with Gasteiger partial charge in [0.2, 0.25) is 11.7 Å². The molecule has 0 spiro atoms. The fraction of sp³-hybridized carbons (Fsp3) is 0.286. The summed E-state index contributed by atoms with van der Waals surface area (Å²) in [6.45, 7) is 0.622. The molecule has 29 heavy (non-hydrogen) atoms. The third-order valence-corrected chi connectivity index (χ3v) is 4.89. The molecule has 3 aromatic rings. The maximum absolute atomic E-state index is 12.8. The van der Waals surface area contributed by atoms with E-state index in [0.29, 0.717) is 35.4 Å². The number of nitrogens with zero attached hydrogens (tertiary/aromatic N) is 3. The van der Waals surface area contributed by atoms with E-state index in [1.54, 1.807) is 25.2 Å². The smallest absolute Gasteiger partial charge is 0.322 e. The molecule has 8 heteroatoms. The number of methoxy groups -OCH3 is 2. The summed E-state index contributed by atoms with van der Waals surface area (Å²) in [5.41, 5.74) is 1.47. The lowest BCUT2D eigenvalue weighted by atomic mass is 10.2. The van der Waals surface area contributed by atoms with Crippen molar-refractivity contribution in [2.24, 2.45) is 0 Å². The van der Waals surface area contributed by atoms with Crippen molar-refractivity contribution in [1.82, 2.24) is 15.0 Å². The normalized spacial score (nSPS) is 15.9. The summed E-state index contributed by atoms with van der Waals surface area (Å²) < 4.78 is 16.0. The van der Waals surface area contributed by atoms with Crippen LogP contribution in [0, 0.1) is 0 Å². The molecule has 8 nitrogen and oxygen atoms in total. The highest BCUT2D eigenvalue weighted by Gasteiger charge is 2.34. The number of rotatable bonds is 5. The van der Waals surface area contributed by atoms with E-state index in [0.717, 1.165) is 18.4 Å². The molecule has 1 unspecified atom stereocenters. The lowest BCUT2D eigenvalue weighted by Gasteiger charge is -2.22. The Morgan fingerprint density at radius 3 is 2.69 bits per heavy atom. The van der Waals surface area contributed by atoms with Gasteiger partial charge in [-0.25, -0.2) is 4.79 Å². The van der Waals surface area contributed by atoms with Gasteiger partial charge in [-0.1, -0.05) is 23.4 Å². The molecule has 150 valence electrons. The van der Waals surface area contributed by atoms with Crippen LogP contribution in [-0.4, -0.2) is 41.8 Å². The number of ether oxygens (including phenoxy) is 2. The van der Waals surface area contributed by atoms with Gasteiger partial charge < -0.3 is 24.2 Å². The first-order valence-corrected chi connectivity index (χ1v) is 9.37. The van der Waals surface area contributed by atoms with E-state index in [2.05, 4.69) is 15.5 Å². The highest BCUT2D eigenvalue weighted by molar-refractivity contribution is 5.90. The number of carbonyl (C=O) groups is 1. The minimum absolute atomic E-state index is 0.207. The van der Waals surface area contributed by atoms with Gasteiger partial charge in [0.1, 0.15) is 17.5 Å². The van der Waals surface area contributed by atoms with Gasteiger partial charge in [0.05, 0.1) is 14.2 Å². The van der Waals surface area contributed by atoms with Gasteiger partial charge in [-0.15, -0.1) is 0 Å². The van der Waals surface area contributed by atoms with Crippen LogP contribution in [-0.2, 0) is 0 Å². The number of benzene rings is 2. The molecular weight excluding hydrogens is 372 g/mol. The van der Waals surface area contributed by atoms with Gasteiger partial charge in [-0.2, -0.15) is 4.98 Å². The van der Waals surface area contributed by atoms with Gasteiger partial charge in [0, 0.05) is 23.9 Å². The zero-order chi connectivity index (χ0) is 20.2. The molecular formula is C21H22N4O4.